The summed E-state index contributed by atoms with van der Waals surface area (Å²) in [4.78, 5) is 1.10. The van der Waals surface area contributed by atoms with Gasteiger partial charge in [0, 0.05) is 18.5 Å². The fraction of sp³-hybridized carbons (Fsp3) is 0.400. The van der Waals surface area contributed by atoms with Crippen LogP contribution in [0.3, 0.4) is 0 Å². The second-order valence-electron chi connectivity index (χ2n) is 3.27. The van der Waals surface area contributed by atoms with Gasteiger partial charge in [-0.1, -0.05) is 0 Å². The standard InChI is InChI=1S/C10H16N2O2S2/c1-12(16(13,14)8-7-11)9-3-5-10(15-2)6-4-9/h3-6H,7-8,11H2,1-2H3. The Labute approximate surface area is 101 Å². The summed E-state index contributed by atoms with van der Waals surface area (Å²) >= 11 is 1.62. The first-order chi connectivity index (χ1) is 7.51. The van der Waals surface area contributed by atoms with E-state index in [9.17, 15) is 8.42 Å². The summed E-state index contributed by atoms with van der Waals surface area (Å²) in [5.74, 6) is -0.0339. The van der Waals surface area contributed by atoms with Crippen LogP contribution >= 0.6 is 11.8 Å². The molecule has 1 aromatic carbocycles. The summed E-state index contributed by atoms with van der Waals surface area (Å²) in [6.07, 6.45) is 1.98. The third-order valence-electron chi connectivity index (χ3n) is 2.23. The Morgan fingerprint density at radius 3 is 2.31 bits per heavy atom. The molecule has 0 aliphatic rings. The second kappa shape index (κ2) is 5.56. The van der Waals surface area contributed by atoms with Crippen molar-refractivity contribution in [3.05, 3.63) is 24.3 Å². The van der Waals surface area contributed by atoms with Crippen LogP contribution in [0.4, 0.5) is 5.69 Å². The summed E-state index contributed by atoms with van der Waals surface area (Å²) < 4.78 is 24.7. The normalized spacial score (nSPS) is 11.4. The fourth-order valence-corrected chi connectivity index (χ4v) is 2.66. The lowest BCUT2D eigenvalue weighted by Crippen LogP contribution is -2.31. The van der Waals surface area contributed by atoms with Crippen molar-refractivity contribution >= 4 is 27.5 Å². The van der Waals surface area contributed by atoms with E-state index in [0.29, 0.717) is 5.69 Å². The molecule has 0 spiro atoms. The zero-order valence-corrected chi connectivity index (χ0v) is 11.0. The van der Waals surface area contributed by atoms with E-state index < -0.39 is 10.0 Å². The molecular weight excluding hydrogens is 244 g/mol. The second-order valence-corrected chi connectivity index (χ2v) is 6.27. The molecule has 0 aliphatic heterocycles. The van der Waals surface area contributed by atoms with Crippen molar-refractivity contribution in [3.63, 3.8) is 0 Å². The Balaban J connectivity index is 2.92. The monoisotopic (exact) mass is 260 g/mol. The molecule has 0 heterocycles. The van der Waals surface area contributed by atoms with Gasteiger partial charge in [0.05, 0.1) is 11.4 Å². The van der Waals surface area contributed by atoms with E-state index in [1.807, 2.05) is 18.4 Å². The Hall–Kier alpha value is -0.720. The summed E-state index contributed by atoms with van der Waals surface area (Å²) in [7, 11) is -1.74. The highest BCUT2D eigenvalue weighted by Gasteiger charge is 2.16. The summed E-state index contributed by atoms with van der Waals surface area (Å²) in [5, 5.41) is 0. The van der Waals surface area contributed by atoms with E-state index in [0.717, 1.165) is 4.90 Å². The van der Waals surface area contributed by atoms with Crippen molar-refractivity contribution in [2.75, 3.05) is 29.9 Å². The van der Waals surface area contributed by atoms with E-state index in [-0.39, 0.29) is 12.3 Å². The van der Waals surface area contributed by atoms with Crippen LogP contribution in [0.2, 0.25) is 0 Å². The van der Waals surface area contributed by atoms with Crippen molar-refractivity contribution in [1.29, 1.82) is 0 Å². The van der Waals surface area contributed by atoms with Crippen molar-refractivity contribution in [3.8, 4) is 0 Å². The Kier molecular flexibility index (Phi) is 4.64. The topological polar surface area (TPSA) is 63.4 Å². The lowest BCUT2D eigenvalue weighted by molar-refractivity contribution is 0.594. The molecule has 0 atom stereocenters. The molecule has 0 unspecified atom stereocenters. The fourth-order valence-electron chi connectivity index (χ4n) is 1.24. The molecule has 0 aliphatic carbocycles. The first-order valence-corrected chi connectivity index (χ1v) is 7.65. The SMILES string of the molecule is CSc1ccc(N(C)S(=O)(=O)CCN)cc1. The number of anilines is 1. The van der Waals surface area contributed by atoms with E-state index in [2.05, 4.69) is 0 Å². The minimum atomic E-state index is -3.28. The van der Waals surface area contributed by atoms with Gasteiger partial charge in [0.15, 0.2) is 0 Å². The predicted molar refractivity (Wildman–Crippen MR) is 69.5 cm³/mol. The highest BCUT2D eigenvalue weighted by Crippen LogP contribution is 2.21. The maximum absolute atomic E-state index is 11.7. The minimum Gasteiger partial charge on any atom is -0.329 e. The van der Waals surface area contributed by atoms with E-state index in [1.54, 1.807) is 30.9 Å². The number of sulfonamides is 1. The van der Waals surface area contributed by atoms with Crippen molar-refractivity contribution in [1.82, 2.24) is 0 Å². The van der Waals surface area contributed by atoms with Gasteiger partial charge >= 0.3 is 0 Å². The van der Waals surface area contributed by atoms with Gasteiger partial charge in [-0.15, -0.1) is 11.8 Å². The van der Waals surface area contributed by atoms with Crippen LogP contribution in [-0.2, 0) is 10.0 Å². The molecule has 0 amide bonds. The highest BCUT2D eigenvalue weighted by molar-refractivity contribution is 7.98. The van der Waals surface area contributed by atoms with Crippen LogP contribution < -0.4 is 10.0 Å². The molecule has 16 heavy (non-hydrogen) atoms. The van der Waals surface area contributed by atoms with Crippen LogP contribution in [-0.4, -0.2) is 34.0 Å². The van der Waals surface area contributed by atoms with Crippen LogP contribution in [0.25, 0.3) is 0 Å². The van der Waals surface area contributed by atoms with E-state index in [1.165, 1.54) is 4.31 Å². The summed E-state index contributed by atoms with van der Waals surface area (Å²) in [6, 6.07) is 7.38. The largest absolute Gasteiger partial charge is 0.329 e. The van der Waals surface area contributed by atoms with Crippen LogP contribution in [0.15, 0.2) is 29.2 Å². The molecule has 0 bridgehead atoms. The average Bonchev–Trinajstić information content (AvgIpc) is 2.28. The highest BCUT2D eigenvalue weighted by atomic mass is 32.2. The molecule has 0 radical (unpaired) electrons. The molecule has 0 aromatic heterocycles. The van der Waals surface area contributed by atoms with Crippen LogP contribution in [0.5, 0.6) is 0 Å². The molecule has 0 saturated heterocycles. The van der Waals surface area contributed by atoms with Gasteiger partial charge in [-0.3, -0.25) is 4.31 Å². The van der Waals surface area contributed by atoms with Crippen molar-refractivity contribution in [2.45, 2.75) is 4.90 Å². The molecule has 1 rings (SSSR count). The summed E-state index contributed by atoms with van der Waals surface area (Å²) in [6.45, 7) is 0.134. The van der Waals surface area contributed by atoms with Crippen LogP contribution in [0.1, 0.15) is 0 Å². The number of hydrogen-bond donors (Lipinski definition) is 1. The number of benzene rings is 1. The van der Waals surface area contributed by atoms with Gasteiger partial charge in [-0.2, -0.15) is 0 Å². The predicted octanol–water partition coefficient (Wildman–Crippen LogP) is 1.13. The number of thioether (sulfide) groups is 1. The third kappa shape index (κ3) is 3.13. The Bertz CT molecular complexity index is 429. The van der Waals surface area contributed by atoms with E-state index >= 15 is 0 Å². The molecule has 6 heteroatoms. The lowest BCUT2D eigenvalue weighted by atomic mass is 10.3. The molecule has 0 fully saturated rings. The summed E-state index contributed by atoms with van der Waals surface area (Å²) in [5.41, 5.74) is 5.93. The Morgan fingerprint density at radius 2 is 1.88 bits per heavy atom. The van der Waals surface area contributed by atoms with Crippen molar-refractivity contribution < 1.29 is 8.42 Å². The number of nitrogens with two attached hydrogens (primary N) is 1. The minimum absolute atomic E-state index is 0.0339. The van der Waals surface area contributed by atoms with Gasteiger partial charge in [0.1, 0.15) is 0 Å². The van der Waals surface area contributed by atoms with Crippen molar-refractivity contribution in [2.24, 2.45) is 5.73 Å². The smallest absolute Gasteiger partial charge is 0.236 e. The maximum atomic E-state index is 11.7. The molecule has 4 nitrogen and oxygen atoms in total. The molecule has 1 aromatic rings. The first-order valence-electron chi connectivity index (χ1n) is 4.82. The zero-order valence-electron chi connectivity index (χ0n) is 9.38. The number of rotatable bonds is 5. The first kappa shape index (κ1) is 13.3. The van der Waals surface area contributed by atoms with Gasteiger partial charge in [0.2, 0.25) is 10.0 Å². The number of nitrogens with zero attached hydrogens (tertiary/aromatic N) is 1. The molecular formula is C10H16N2O2S2. The lowest BCUT2D eigenvalue weighted by Gasteiger charge is -2.19. The molecule has 2 N–H and O–H groups in total. The van der Waals surface area contributed by atoms with Gasteiger partial charge in [0.25, 0.3) is 0 Å². The van der Waals surface area contributed by atoms with Gasteiger partial charge < -0.3 is 5.73 Å². The van der Waals surface area contributed by atoms with Gasteiger partial charge in [-0.05, 0) is 30.5 Å². The number of hydrogen-bond acceptors (Lipinski definition) is 4. The van der Waals surface area contributed by atoms with E-state index in [4.69, 9.17) is 5.73 Å². The Morgan fingerprint density at radius 1 is 1.31 bits per heavy atom. The third-order valence-corrected chi connectivity index (χ3v) is 4.77. The maximum Gasteiger partial charge on any atom is 0.236 e. The molecule has 90 valence electrons. The quantitative estimate of drug-likeness (QED) is 0.806. The zero-order chi connectivity index (χ0) is 12.2. The molecule has 0 saturated carbocycles. The van der Waals surface area contributed by atoms with Gasteiger partial charge in [-0.25, -0.2) is 8.42 Å². The van der Waals surface area contributed by atoms with Crippen LogP contribution in [0, 0.1) is 0 Å². The average molecular weight is 260 g/mol.